The van der Waals surface area contributed by atoms with Crippen molar-refractivity contribution >= 4 is 44.0 Å². The summed E-state index contributed by atoms with van der Waals surface area (Å²) in [6.07, 6.45) is 0. The van der Waals surface area contributed by atoms with Gasteiger partial charge < -0.3 is 10.1 Å². The average molecular weight is 309 g/mol. The van der Waals surface area contributed by atoms with Crippen molar-refractivity contribution in [3.8, 4) is 5.75 Å². The second-order valence-corrected chi connectivity index (χ2v) is 5.48. The predicted molar refractivity (Wildman–Crippen MR) is 80.9 cm³/mol. The molecule has 3 aromatic rings. The molecule has 1 aromatic heterocycles. The van der Waals surface area contributed by atoms with E-state index in [1.165, 1.54) is 24.5 Å². The van der Waals surface area contributed by atoms with E-state index in [9.17, 15) is 4.39 Å². The number of thiazole rings is 1. The molecule has 0 aliphatic rings. The van der Waals surface area contributed by atoms with Crippen molar-refractivity contribution in [3.63, 3.8) is 0 Å². The SMILES string of the molecule is COc1ccc(F)c(Nc2nc3cccc(Cl)c3s2)c1. The Hall–Kier alpha value is -1.85. The van der Waals surface area contributed by atoms with Crippen LogP contribution in [0.5, 0.6) is 5.75 Å². The van der Waals surface area contributed by atoms with Crippen molar-refractivity contribution in [2.45, 2.75) is 0 Å². The van der Waals surface area contributed by atoms with Gasteiger partial charge in [0.15, 0.2) is 5.13 Å². The molecular weight excluding hydrogens is 299 g/mol. The third-order valence-corrected chi connectivity index (χ3v) is 4.23. The molecule has 0 atom stereocenters. The summed E-state index contributed by atoms with van der Waals surface area (Å²) < 4.78 is 19.7. The molecule has 3 rings (SSSR count). The van der Waals surface area contributed by atoms with Crippen LogP contribution in [0, 0.1) is 5.82 Å². The number of hydrogen-bond acceptors (Lipinski definition) is 4. The van der Waals surface area contributed by atoms with E-state index in [1.54, 1.807) is 18.2 Å². The average Bonchev–Trinajstić information content (AvgIpc) is 2.85. The maximum absolute atomic E-state index is 13.8. The first-order valence-electron chi connectivity index (χ1n) is 5.83. The molecule has 102 valence electrons. The van der Waals surface area contributed by atoms with Crippen LogP contribution in [-0.4, -0.2) is 12.1 Å². The van der Waals surface area contributed by atoms with Crippen molar-refractivity contribution in [2.75, 3.05) is 12.4 Å². The lowest BCUT2D eigenvalue weighted by Gasteiger charge is -2.06. The molecule has 0 spiro atoms. The Morgan fingerprint density at radius 2 is 2.15 bits per heavy atom. The van der Waals surface area contributed by atoms with E-state index in [1.807, 2.05) is 12.1 Å². The van der Waals surface area contributed by atoms with Gasteiger partial charge in [-0.3, -0.25) is 0 Å². The van der Waals surface area contributed by atoms with Crippen LogP contribution in [0.3, 0.4) is 0 Å². The molecule has 6 heteroatoms. The number of ether oxygens (including phenoxy) is 1. The number of aromatic nitrogens is 1. The standard InChI is InChI=1S/C14H10ClFN2OS/c1-19-8-5-6-10(16)12(7-8)18-14-17-11-4-2-3-9(15)13(11)20-14/h2-7H,1H3,(H,17,18). The number of hydrogen-bond donors (Lipinski definition) is 1. The molecule has 2 aromatic carbocycles. The fourth-order valence-corrected chi connectivity index (χ4v) is 2.98. The number of methoxy groups -OCH3 is 1. The molecule has 0 fully saturated rings. The highest BCUT2D eigenvalue weighted by Crippen LogP contribution is 2.34. The number of benzene rings is 2. The van der Waals surface area contributed by atoms with Crippen LogP contribution in [0.1, 0.15) is 0 Å². The lowest BCUT2D eigenvalue weighted by molar-refractivity contribution is 0.414. The van der Waals surface area contributed by atoms with Crippen molar-refractivity contribution in [1.82, 2.24) is 4.98 Å². The van der Waals surface area contributed by atoms with Gasteiger partial charge in [0.2, 0.25) is 0 Å². The zero-order valence-electron chi connectivity index (χ0n) is 10.5. The van der Waals surface area contributed by atoms with Gasteiger partial charge in [0, 0.05) is 6.07 Å². The molecule has 3 nitrogen and oxygen atoms in total. The van der Waals surface area contributed by atoms with Gasteiger partial charge in [-0.25, -0.2) is 9.37 Å². The second kappa shape index (κ2) is 5.26. The number of nitrogens with one attached hydrogen (secondary N) is 1. The lowest BCUT2D eigenvalue weighted by Crippen LogP contribution is -1.94. The number of nitrogens with zero attached hydrogens (tertiary/aromatic N) is 1. The maximum Gasteiger partial charge on any atom is 0.188 e. The quantitative estimate of drug-likeness (QED) is 0.751. The number of anilines is 2. The van der Waals surface area contributed by atoms with E-state index in [-0.39, 0.29) is 5.82 Å². The van der Waals surface area contributed by atoms with Crippen LogP contribution in [0.2, 0.25) is 5.02 Å². The second-order valence-electron chi connectivity index (χ2n) is 4.08. The van der Waals surface area contributed by atoms with Crippen LogP contribution in [0.25, 0.3) is 10.2 Å². The minimum absolute atomic E-state index is 0.319. The Bertz CT molecular complexity index is 775. The molecule has 20 heavy (non-hydrogen) atoms. The zero-order chi connectivity index (χ0) is 14.1. The third-order valence-electron chi connectivity index (χ3n) is 2.78. The summed E-state index contributed by atoms with van der Waals surface area (Å²) in [5.74, 6) is 0.212. The van der Waals surface area contributed by atoms with Crippen LogP contribution in [0.4, 0.5) is 15.2 Å². The molecular formula is C14H10ClFN2OS. The highest BCUT2D eigenvalue weighted by molar-refractivity contribution is 7.22. The molecule has 0 radical (unpaired) electrons. The smallest absolute Gasteiger partial charge is 0.188 e. The van der Waals surface area contributed by atoms with Gasteiger partial charge in [-0.2, -0.15) is 0 Å². The number of rotatable bonds is 3. The Morgan fingerprint density at radius 1 is 1.30 bits per heavy atom. The summed E-state index contributed by atoms with van der Waals surface area (Å²) in [5.41, 5.74) is 1.10. The normalized spacial score (nSPS) is 10.8. The van der Waals surface area contributed by atoms with Gasteiger partial charge in [0.1, 0.15) is 11.6 Å². The summed E-state index contributed by atoms with van der Waals surface area (Å²) in [7, 11) is 1.54. The van der Waals surface area contributed by atoms with Gasteiger partial charge in [0.05, 0.1) is 28.0 Å². The van der Waals surface area contributed by atoms with E-state index in [0.29, 0.717) is 21.6 Å². The summed E-state index contributed by atoms with van der Waals surface area (Å²) in [6, 6.07) is 10.0. The fourth-order valence-electron chi connectivity index (χ4n) is 1.81. The molecule has 0 aliphatic heterocycles. The molecule has 0 amide bonds. The predicted octanol–water partition coefficient (Wildman–Crippen LogP) is 4.84. The fraction of sp³-hybridized carbons (Fsp3) is 0.0714. The summed E-state index contributed by atoms with van der Waals surface area (Å²) in [4.78, 5) is 4.38. The first kappa shape index (κ1) is 13.1. The van der Waals surface area contributed by atoms with Crippen molar-refractivity contribution in [2.24, 2.45) is 0 Å². The third kappa shape index (κ3) is 2.42. The Kier molecular flexibility index (Phi) is 3.46. The summed E-state index contributed by atoms with van der Waals surface area (Å²) >= 11 is 7.48. The van der Waals surface area contributed by atoms with Crippen LogP contribution in [-0.2, 0) is 0 Å². The van der Waals surface area contributed by atoms with E-state index < -0.39 is 0 Å². The van der Waals surface area contributed by atoms with Gasteiger partial charge in [0.25, 0.3) is 0 Å². The van der Waals surface area contributed by atoms with Crippen LogP contribution in [0.15, 0.2) is 36.4 Å². The monoisotopic (exact) mass is 308 g/mol. The number of fused-ring (bicyclic) bond motifs is 1. The molecule has 0 bridgehead atoms. The Morgan fingerprint density at radius 3 is 2.90 bits per heavy atom. The Balaban J connectivity index is 1.99. The largest absolute Gasteiger partial charge is 0.497 e. The van der Waals surface area contributed by atoms with Crippen LogP contribution < -0.4 is 10.1 Å². The van der Waals surface area contributed by atoms with Crippen molar-refractivity contribution in [3.05, 3.63) is 47.2 Å². The maximum atomic E-state index is 13.8. The van der Waals surface area contributed by atoms with Gasteiger partial charge >= 0.3 is 0 Å². The van der Waals surface area contributed by atoms with Crippen LogP contribution >= 0.6 is 22.9 Å². The van der Waals surface area contributed by atoms with Crippen molar-refractivity contribution < 1.29 is 9.13 Å². The zero-order valence-corrected chi connectivity index (χ0v) is 12.1. The van der Waals surface area contributed by atoms with E-state index in [4.69, 9.17) is 16.3 Å². The topological polar surface area (TPSA) is 34.1 Å². The lowest BCUT2D eigenvalue weighted by atomic mass is 10.3. The molecule has 0 aliphatic carbocycles. The minimum atomic E-state index is -0.365. The van der Waals surface area contributed by atoms with E-state index >= 15 is 0 Å². The highest BCUT2D eigenvalue weighted by atomic mass is 35.5. The minimum Gasteiger partial charge on any atom is -0.497 e. The number of halogens is 2. The molecule has 0 unspecified atom stereocenters. The molecule has 1 heterocycles. The van der Waals surface area contributed by atoms with Gasteiger partial charge in [-0.05, 0) is 24.3 Å². The molecule has 0 saturated heterocycles. The van der Waals surface area contributed by atoms with Crippen molar-refractivity contribution in [1.29, 1.82) is 0 Å². The first-order chi connectivity index (χ1) is 9.67. The summed E-state index contributed by atoms with van der Waals surface area (Å²) in [6.45, 7) is 0. The Labute approximate surface area is 124 Å². The highest BCUT2D eigenvalue weighted by Gasteiger charge is 2.10. The van der Waals surface area contributed by atoms with Gasteiger partial charge in [-0.1, -0.05) is 29.0 Å². The van der Waals surface area contributed by atoms with E-state index in [0.717, 1.165) is 10.2 Å². The molecule has 1 N–H and O–H groups in total. The first-order valence-corrected chi connectivity index (χ1v) is 7.02. The summed E-state index contributed by atoms with van der Waals surface area (Å²) in [5, 5.41) is 4.18. The van der Waals surface area contributed by atoms with Gasteiger partial charge in [-0.15, -0.1) is 0 Å². The van der Waals surface area contributed by atoms with E-state index in [2.05, 4.69) is 10.3 Å². The molecule has 0 saturated carbocycles.